The number of hydrogen-bond acceptors (Lipinski definition) is 3. The van der Waals surface area contributed by atoms with Gasteiger partial charge in [-0.25, -0.2) is 0 Å². The zero-order chi connectivity index (χ0) is 14.7. The first-order valence-corrected chi connectivity index (χ1v) is 7.24. The molecule has 1 aromatic carbocycles. The normalized spacial score (nSPS) is 16.3. The average Bonchev–Trinajstić information content (AvgIpc) is 3.10. The monoisotopic (exact) mass is 285 g/mol. The lowest BCUT2D eigenvalue weighted by Gasteiger charge is -2.10. The Morgan fingerprint density at radius 2 is 2.33 bits per heavy atom. The number of nitrogens with one attached hydrogen (secondary N) is 2. The Bertz CT molecular complexity index is 636. The lowest BCUT2D eigenvalue weighted by atomic mass is 10.0. The zero-order valence-corrected chi connectivity index (χ0v) is 12.1. The number of carbonyl (C=O) groups is 1. The summed E-state index contributed by atoms with van der Waals surface area (Å²) in [6, 6.07) is 7.73. The van der Waals surface area contributed by atoms with E-state index in [4.69, 9.17) is 4.74 Å². The van der Waals surface area contributed by atoms with Gasteiger partial charge in [0.2, 0.25) is 5.91 Å². The van der Waals surface area contributed by atoms with Crippen LogP contribution in [0.1, 0.15) is 29.2 Å². The van der Waals surface area contributed by atoms with Crippen molar-refractivity contribution in [3.8, 4) is 5.75 Å². The highest BCUT2D eigenvalue weighted by atomic mass is 16.5. The number of hydrogen-bond donors (Lipinski definition) is 2. The molecule has 1 unspecified atom stereocenters. The molecule has 0 bridgehead atoms. The summed E-state index contributed by atoms with van der Waals surface area (Å²) >= 11 is 0. The van der Waals surface area contributed by atoms with Crippen molar-refractivity contribution in [2.45, 2.75) is 25.7 Å². The molecule has 1 amide bonds. The van der Waals surface area contributed by atoms with Crippen molar-refractivity contribution < 1.29 is 9.53 Å². The molecule has 0 radical (unpaired) electrons. The number of aromatic nitrogens is 2. The van der Waals surface area contributed by atoms with Gasteiger partial charge >= 0.3 is 0 Å². The van der Waals surface area contributed by atoms with E-state index in [1.165, 1.54) is 5.56 Å². The largest absolute Gasteiger partial charge is 0.492 e. The molecule has 1 aliphatic heterocycles. The molecule has 110 valence electrons. The predicted octanol–water partition coefficient (Wildman–Crippen LogP) is 1.94. The second-order valence-electron chi connectivity index (χ2n) is 5.32. The van der Waals surface area contributed by atoms with E-state index in [9.17, 15) is 4.79 Å². The van der Waals surface area contributed by atoms with Crippen LogP contribution in [-0.4, -0.2) is 29.3 Å². The van der Waals surface area contributed by atoms with E-state index in [2.05, 4.69) is 15.5 Å². The summed E-state index contributed by atoms with van der Waals surface area (Å²) in [5.74, 6) is 0.687. The van der Waals surface area contributed by atoms with Gasteiger partial charge in [0, 0.05) is 17.8 Å². The Balaban J connectivity index is 1.48. The number of aromatic amines is 1. The number of benzene rings is 1. The summed E-state index contributed by atoms with van der Waals surface area (Å²) in [7, 11) is 0. The summed E-state index contributed by atoms with van der Waals surface area (Å²) in [5, 5.41) is 9.91. The third-order valence-electron chi connectivity index (χ3n) is 3.87. The van der Waals surface area contributed by atoms with Crippen molar-refractivity contribution in [1.82, 2.24) is 15.5 Å². The molecule has 1 aliphatic rings. The molecule has 5 heteroatoms. The highest BCUT2D eigenvalue weighted by molar-refractivity contribution is 5.85. The molecule has 5 nitrogen and oxygen atoms in total. The highest BCUT2D eigenvalue weighted by Gasteiger charge is 2.29. The first-order chi connectivity index (χ1) is 10.3. The molecular weight excluding hydrogens is 266 g/mol. The highest BCUT2D eigenvalue weighted by Crippen LogP contribution is 2.33. The fourth-order valence-corrected chi connectivity index (χ4v) is 2.62. The van der Waals surface area contributed by atoms with E-state index < -0.39 is 0 Å². The van der Waals surface area contributed by atoms with Crippen molar-refractivity contribution in [3.63, 3.8) is 0 Å². The van der Waals surface area contributed by atoms with Gasteiger partial charge in [-0.1, -0.05) is 18.2 Å². The van der Waals surface area contributed by atoms with Gasteiger partial charge in [0.1, 0.15) is 18.3 Å². The smallest absolute Gasteiger partial charge is 0.231 e. The van der Waals surface area contributed by atoms with Gasteiger partial charge in [-0.15, -0.1) is 0 Å². The minimum atomic E-state index is -0.183. The Morgan fingerprint density at radius 3 is 3.14 bits per heavy atom. The van der Waals surface area contributed by atoms with Crippen molar-refractivity contribution in [2.24, 2.45) is 0 Å². The summed E-state index contributed by atoms with van der Waals surface area (Å²) in [6.07, 6.45) is 3.67. The van der Waals surface area contributed by atoms with Crippen LogP contribution in [0.3, 0.4) is 0 Å². The van der Waals surface area contributed by atoms with Gasteiger partial charge in [0.15, 0.2) is 0 Å². The van der Waals surface area contributed by atoms with Crippen LogP contribution >= 0.6 is 0 Å². The fourth-order valence-electron chi connectivity index (χ4n) is 2.62. The van der Waals surface area contributed by atoms with Crippen molar-refractivity contribution >= 4 is 5.91 Å². The summed E-state index contributed by atoms with van der Waals surface area (Å²) < 4.78 is 5.54. The maximum Gasteiger partial charge on any atom is 0.231 e. The molecular formula is C16H19N3O2. The molecule has 0 saturated carbocycles. The van der Waals surface area contributed by atoms with E-state index in [-0.39, 0.29) is 11.8 Å². The summed E-state index contributed by atoms with van der Waals surface area (Å²) in [4.78, 5) is 12.2. The molecule has 1 atom stereocenters. The predicted molar refractivity (Wildman–Crippen MR) is 79.3 cm³/mol. The van der Waals surface area contributed by atoms with E-state index in [1.807, 2.05) is 37.4 Å². The van der Waals surface area contributed by atoms with Gasteiger partial charge in [0.05, 0.1) is 6.20 Å². The quantitative estimate of drug-likeness (QED) is 0.825. The Hall–Kier alpha value is -2.30. The molecule has 0 aliphatic carbocycles. The minimum absolute atomic E-state index is 0.0452. The molecule has 2 heterocycles. The molecule has 0 saturated heterocycles. The van der Waals surface area contributed by atoms with Gasteiger partial charge in [-0.3, -0.25) is 9.89 Å². The van der Waals surface area contributed by atoms with Crippen LogP contribution in [0.4, 0.5) is 0 Å². The third kappa shape index (κ3) is 2.91. The number of aryl methyl sites for hydroxylation is 2. The number of rotatable bonds is 5. The van der Waals surface area contributed by atoms with Gasteiger partial charge in [-0.05, 0) is 31.4 Å². The molecule has 0 fully saturated rings. The van der Waals surface area contributed by atoms with Crippen LogP contribution in [-0.2, 0) is 11.2 Å². The van der Waals surface area contributed by atoms with E-state index in [1.54, 1.807) is 0 Å². The van der Waals surface area contributed by atoms with Crippen LogP contribution in [0.5, 0.6) is 5.75 Å². The van der Waals surface area contributed by atoms with Crippen molar-refractivity contribution in [2.75, 3.05) is 13.2 Å². The van der Waals surface area contributed by atoms with Crippen LogP contribution in [0.2, 0.25) is 0 Å². The maximum absolute atomic E-state index is 12.2. The summed E-state index contributed by atoms with van der Waals surface area (Å²) in [5.41, 5.74) is 3.29. The Kier molecular flexibility index (Phi) is 3.90. The van der Waals surface area contributed by atoms with Crippen LogP contribution in [0, 0.1) is 6.92 Å². The molecule has 21 heavy (non-hydrogen) atoms. The fraction of sp³-hybridized carbons (Fsp3) is 0.375. The lowest BCUT2D eigenvalue weighted by Crippen LogP contribution is -2.31. The van der Waals surface area contributed by atoms with Crippen LogP contribution < -0.4 is 10.1 Å². The molecule has 1 aromatic heterocycles. The number of fused-ring (bicyclic) bond motifs is 1. The topological polar surface area (TPSA) is 67.0 Å². The maximum atomic E-state index is 12.2. The first-order valence-electron chi connectivity index (χ1n) is 7.24. The molecule has 2 aromatic rings. The van der Waals surface area contributed by atoms with Gasteiger partial charge < -0.3 is 10.1 Å². The molecule has 0 spiro atoms. The Labute approximate surface area is 123 Å². The second kappa shape index (κ2) is 5.99. The van der Waals surface area contributed by atoms with E-state index in [0.717, 1.165) is 29.8 Å². The van der Waals surface area contributed by atoms with Crippen LogP contribution in [0.25, 0.3) is 0 Å². The number of para-hydroxylation sites is 1. The number of carbonyl (C=O) groups excluding carboxylic acids is 1. The third-order valence-corrected chi connectivity index (χ3v) is 3.87. The van der Waals surface area contributed by atoms with E-state index in [0.29, 0.717) is 13.2 Å². The standard InChI is InChI=1S/C16H19N3O2/c1-11-12(9-18-19-11)5-4-8-17-16(20)14-10-21-15-7-3-2-6-13(14)15/h2-3,6-7,9,14H,4-5,8,10H2,1H3,(H,17,20)(H,18,19). The molecule has 3 rings (SSSR count). The van der Waals surface area contributed by atoms with E-state index >= 15 is 0 Å². The minimum Gasteiger partial charge on any atom is -0.492 e. The molecule has 2 N–H and O–H groups in total. The zero-order valence-electron chi connectivity index (χ0n) is 12.1. The lowest BCUT2D eigenvalue weighted by molar-refractivity contribution is -0.122. The number of amides is 1. The van der Waals surface area contributed by atoms with Crippen molar-refractivity contribution in [1.29, 1.82) is 0 Å². The SMILES string of the molecule is Cc1[nH]ncc1CCCNC(=O)C1COc2ccccc21. The first kappa shape index (κ1) is 13.7. The number of nitrogens with zero attached hydrogens (tertiary/aromatic N) is 1. The summed E-state index contributed by atoms with van der Waals surface area (Å²) in [6.45, 7) is 3.11. The van der Waals surface area contributed by atoms with Gasteiger partial charge in [-0.2, -0.15) is 5.10 Å². The number of ether oxygens (including phenoxy) is 1. The van der Waals surface area contributed by atoms with Crippen LogP contribution in [0.15, 0.2) is 30.5 Å². The van der Waals surface area contributed by atoms with Crippen molar-refractivity contribution in [3.05, 3.63) is 47.3 Å². The van der Waals surface area contributed by atoms with Gasteiger partial charge in [0.25, 0.3) is 0 Å². The number of H-pyrrole nitrogens is 1. The Morgan fingerprint density at radius 1 is 1.48 bits per heavy atom. The average molecular weight is 285 g/mol. The second-order valence-corrected chi connectivity index (χ2v) is 5.32.